The average Bonchev–Trinajstić information content (AvgIpc) is 3.32. The lowest BCUT2D eigenvalue weighted by Crippen LogP contribution is -2.64. The first-order valence-corrected chi connectivity index (χ1v) is 25.4. The third-order valence-corrected chi connectivity index (χ3v) is 13.4. The lowest BCUT2D eigenvalue weighted by atomic mass is 9.82. The van der Waals surface area contributed by atoms with E-state index in [1.54, 1.807) is 106 Å². The summed E-state index contributed by atoms with van der Waals surface area (Å²) in [5.41, 5.74) is 0.537. The number of fused-ring (bicyclic) bond motifs is 2. The van der Waals surface area contributed by atoms with E-state index in [0.717, 1.165) is 0 Å². The Kier molecular flexibility index (Phi) is 25.8. The van der Waals surface area contributed by atoms with Crippen LogP contribution in [0.3, 0.4) is 0 Å². The quantitative estimate of drug-likeness (QED) is 0.148. The first-order valence-electron chi connectivity index (χ1n) is 25.0. The van der Waals surface area contributed by atoms with Gasteiger partial charge in [-0.1, -0.05) is 98.9 Å². The van der Waals surface area contributed by atoms with Crippen molar-refractivity contribution in [2.45, 2.75) is 177 Å². The number of aliphatic hydroxyl groups excluding tert-OH is 9. The van der Waals surface area contributed by atoms with Crippen molar-refractivity contribution in [2.24, 2.45) is 17.8 Å². The smallest absolute Gasteiger partial charge is 0.311 e. The van der Waals surface area contributed by atoms with Crippen LogP contribution in [0.2, 0.25) is 0 Å². The molecule has 0 saturated carbocycles. The highest BCUT2D eigenvalue weighted by Crippen LogP contribution is 2.38. The molecule has 4 heterocycles. The Labute approximate surface area is 437 Å². The fourth-order valence-electron chi connectivity index (χ4n) is 8.86. The Hall–Kier alpha value is -4.56. The summed E-state index contributed by atoms with van der Waals surface area (Å²) in [5.74, 6) is -6.95. The van der Waals surface area contributed by atoms with Crippen molar-refractivity contribution in [3.8, 4) is 0 Å². The van der Waals surface area contributed by atoms with Gasteiger partial charge in [-0.2, -0.15) is 0 Å². The van der Waals surface area contributed by atoms with Crippen molar-refractivity contribution in [3.05, 3.63) is 110 Å². The SMILES string of the molecule is C[C@@H]1[C@H](O)[C@@H](C)/C=C/C=C/C=C/C=C/C=C/C=C/C=C/[C@H](O[C@@H]2O[C@@H](C)[C@@H](O)[C@H](NC(=S)Nc3cccnc3)[C@@H]2O)C[C@@H]2O[C@](O)(C[C@@H](O)C[C@@H](O)[C@H](O)CC[C@@H](O)C[C@@H](O)CC(=O)O[C@H]1C)C[C@H](O)[C@H]2C(=O)O. The maximum absolute atomic E-state index is 12.7. The van der Waals surface area contributed by atoms with Crippen molar-refractivity contribution in [3.63, 3.8) is 0 Å². The molecule has 0 unspecified atom stereocenters. The molecule has 2 saturated heterocycles. The van der Waals surface area contributed by atoms with Gasteiger partial charge in [0.1, 0.15) is 24.2 Å². The van der Waals surface area contributed by atoms with Crippen LogP contribution in [0.1, 0.15) is 79.1 Å². The number of carbonyl (C=O) groups excluding carboxylic acids is 1. The minimum absolute atomic E-state index is 0.0470. The summed E-state index contributed by atoms with van der Waals surface area (Å²) in [6, 6.07) is 2.25. The van der Waals surface area contributed by atoms with Crippen molar-refractivity contribution in [2.75, 3.05) is 5.32 Å². The number of aliphatic carboxylic acids is 1. The zero-order valence-electron chi connectivity index (χ0n) is 42.2. The number of hydrogen-bond donors (Lipinski definition) is 13. The van der Waals surface area contributed by atoms with Gasteiger partial charge in [0.15, 0.2) is 17.2 Å². The van der Waals surface area contributed by atoms with Crippen LogP contribution in [0, 0.1) is 17.8 Å². The number of ether oxygens (including phenoxy) is 4. The van der Waals surface area contributed by atoms with Gasteiger partial charge in [-0.3, -0.25) is 14.6 Å². The fourth-order valence-corrected chi connectivity index (χ4v) is 9.12. The topological polar surface area (TPSA) is 331 Å². The molecule has 1 aromatic heterocycles. The number of nitrogens with zero attached hydrogens (tertiary/aromatic N) is 1. The second-order valence-corrected chi connectivity index (χ2v) is 19.8. The zero-order chi connectivity index (χ0) is 54.5. The maximum atomic E-state index is 12.7. The van der Waals surface area contributed by atoms with Gasteiger partial charge in [0.05, 0.1) is 85.4 Å². The lowest BCUT2D eigenvalue weighted by molar-refractivity contribution is -0.309. The van der Waals surface area contributed by atoms with Crippen LogP contribution in [-0.4, -0.2) is 176 Å². The average molecular weight is 1060 g/mol. The molecule has 3 aliphatic rings. The van der Waals surface area contributed by atoms with E-state index in [4.69, 9.17) is 31.2 Å². The number of rotatable bonds is 5. The number of cyclic esters (lactones) is 1. The molecule has 0 amide bonds. The van der Waals surface area contributed by atoms with Gasteiger partial charge in [0.25, 0.3) is 0 Å². The van der Waals surface area contributed by atoms with Crippen molar-refractivity contribution < 1.29 is 84.7 Å². The molecule has 74 heavy (non-hydrogen) atoms. The van der Waals surface area contributed by atoms with Gasteiger partial charge in [-0.05, 0) is 57.5 Å². The number of carboxylic acids is 1. The van der Waals surface area contributed by atoms with Crippen LogP contribution in [0.15, 0.2) is 110 Å². The molecule has 20 nitrogen and oxygen atoms in total. The number of esters is 1. The molecule has 1 aromatic rings. The van der Waals surface area contributed by atoms with E-state index >= 15 is 0 Å². The van der Waals surface area contributed by atoms with Crippen LogP contribution in [0.4, 0.5) is 5.69 Å². The molecular formula is C53H77N3O17S. The van der Waals surface area contributed by atoms with Gasteiger partial charge in [-0.25, -0.2) is 0 Å². The molecule has 4 rings (SSSR count). The van der Waals surface area contributed by atoms with E-state index in [2.05, 4.69) is 15.6 Å². The number of anilines is 1. The molecule has 0 spiro atoms. The highest BCUT2D eigenvalue weighted by atomic mass is 32.1. The van der Waals surface area contributed by atoms with E-state index in [1.807, 2.05) is 19.1 Å². The Balaban J connectivity index is 1.58. The van der Waals surface area contributed by atoms with E-state index in [-0.39, 0.29) is 36.7 Å². The number of aromatic nitrogens is 1. The molecule has 21 heteroatoms. The molecular weight excluding hydrogens is 983 g/mol. The second-order valence-electron chi connectivity index (χ2n) is 19.4. The third kappa shape index (κ3) is 20.5. The molecule has 0 radical (unpaired) electrons. The summed E-state index contributed by atoms with van der Waals surface area (Å²) in [6.07, 6.45) is 5.85. The molecule has 19 atom stereocenters. The summed E-state index contributed by atoms with van der Waals surface area (Å²) >= 11 is 5.45. The van der Waals surface area contributed by atoms with Crippen LogP contribution in [-0.2, 0) is 28.5 Å². The van der Waals surface area contributed by atoms with Gasteiger partial charge in [0, 0.05) is 43.7 Å². The van der Waals surface area contributed by atoms with Gasteiger partial charge < -0.3 is 85.8 Å². The fraction of sp³-hybridized carbons (Fsp3) is 0.585. The Morgan fingerprint density at radius 2 is 1.35 bits per heavy atom. The number of carbonyl (C=O) groups is 2. The number of nitrogens with one attached hydrogen (secondary N) is 2. The summed E-state index contributed by atoms with van der Waals surface area (Å²) in [4.78, 5) is 29.4. The highest BCUT2D eigenvalue weighted by molar-refractivity contribution is 7.80. The maximum Gasteiger partial charge on any atom is 0.311 e. The molecule has 2 fully saturated rings. The minimum atomic E-state index is -2.36. The monoisotopic (exact) mass is 1060 g/mol. The predicted molar refractivity (Wildman–Crippen MR) is 276 cm³/mol. The van der Waals surface area contributed by atoms with E-state index < -0.39 is 147 Å². The molecule has 412 valence electrons. The van der Waals surface area contributed by atoms with Gasteiger partial charge in [0.2, 0.25) is 0 Å². The van der Waals surface area contributed by atoms with E-state index in [0.29, 0.717) is 5.69 Å². The number of thiocarbonyl (C=S) groups is 1. The molecule has 0 aromatic carbocycles. The zero-order valence-corrected chi connectivity index (χ0v) is 43.0. The predicted octanol–water partition coefficient (Wildman–Crippen LogP) is 2.13. The lowest BCUT2D eigenvalue weighted by Gasteiger charge is -2.45. The molecule has 13 N–H and O–H groups in total. The molecule has 2 bridgehead atoms. The standard InChI is InChI=1S/C53H77N3O17S/c1-31-18-15-13-11-9-7-5-6-8-10-12-14-16-20-39(72-51-49(66)46(48(65)34(4)71-51)56-52(74)55-35-19-17-23-54-30-35)27-43-45(50(67)68)42(62)29-53(69,73-43)28-38(59)25-41(61)40(60)22-21-36(57)24-37(58)26-44(63)70-33(3)32(2)47(31)64/h5-20,23,30-34,36-43,45-49,51,57-62,64-66,69H,21-22,24-29H2,1-4H3,(H,67,68)(H2,55,56,74)/b6-5+,9-7+,10-8+,13-11+,14-12+,18-15+,20-16+/t31-,32-,33-,34-,36+,37+,38-,39-,40+,41+,42-,43-,45+,46-,47+,48+,49-,51-,53+/m0/s1. The van der Waals surface area contributed by atoms with E-state index in [1.165, 1.54) is 12.3 Å². The van der Waals surface area contributed by atoms with Crippen LogP contribution < -0.4 is 10.6 Å². The second kappa shape index (κ2) is 30.9. The van der Waals surface area contributed by atoms with E-state index in [9.17, 15) is 65.8 Å². The summed E-state index contributed by atoms with van der Waals surface area (Å²) < 4.78 is 23.7. The van der Waals surface area contributed by atoms with Crippen LogP contribution in [0.5, 0.6) is 0 Å². The molecule has 0 aliphatic carbocycles. The minimum Gasteiger partial charge on any atom is -0.481 e. The molecule has 3 aliphatic heterocycles. The number of allylic oxidation sites excluding steroid dienone is 12. The summed E-state index contributed by atoms with van der Waals surface area (Å²) in [5, 5.41) is 127. The van der Waals surface area contributed by atoms with Gasteiger partial charge in [-0.15, -0.1) is 0 Å². The van der Waals surface area contributed by atoms with Crippen LogP contribution >= 0.6 is 12.2 Å². The Bertz CT molecular complexity index is 2110. The largest absolute Gasteiger partial charge is 0.481 e. The van der Waals surface area contributed by atoms with Crippen LogP contribution in [0.25, 0.3) is 0 Å². The van der Waals surface area contributed by atoms with Gasteiger partial charge >= 0.3 is 11.9 Å². The first kappa shape index (κ1) is 62.0. The first-order chi connectivity index (χ1) is 35.1. The Morgan fingerprint density at radius 1 is 0.730 bits per heavy atom. The number of hydrogen-bond acceptors (Lipinski definition) is 18. The number of carboxylic acid groups (broad SMARTS) is 1. The summed E-state index contributed by atoms with van der Waals surface area (Å²) in [7, 11) is 0. The number of pyridine rings is 1. The normalized spacial score (nSPS) is 41.2. The van der Waals surface area contributed by atoms with Crippen molar-refractivity contribution >= 4 is 35.0 Å². The third-order valence-electron chi connectivity index (χ3n) is 13.2. The van der Waals surface area contributed by atoms with Crippen molar-refractivity contribution in [1.29, 1.82) is 0 Å². The highest BCUT2D eigenvalue weighted by Gasteiger charge is 2.51. The Morgan fingerprint density at radius 3 is 1.96 bits per heavy atom. The van der Waals surface area contributed by atoms with Crippen molar-refractivity contribution in [1.82, 2.24) is 10.3 Å². The number of aliphatic hydroxyl groups is 10. The summed E-state index contributed by atoms with van der Waals surface area (Å²) in [6.45, 7) is 6.76.